The Labute approximate surface area is 107 Å². The normalized spacial score (nSPS) is 10.6. The number of nitrogens with one attached hydrogen (secondary N) is 2. The molecule has 19 heavy (non-hydrogen) atoms. The lowest BCUT2D eigenvalue weighted by Gasteiger charge is -2.09. The summed E-state index contributed by atoms with van der Waals surface area (Å²) < 4.78 is 43.3. The monoisotopic (exact) mass is 292 g/mol. The van der Waals surface area contributed by atoms with Crippen molar-refractivity contribution < 1.29 is 32.2 Å². The fourth-order valence-corrected chi connectivity index (χ4v) is 1.88. The predicted molar refractivity (Wildman–Crippen MR) is 61.4 cm³/mol. The van der Waals surface area contributed by atoms with Crippen molar-refractivity contribution in [3.05, 3.63) is 29.6 Å². The van der Waals surface area contributed by atoms with Crippen LogP contribution in [0.3, 0.4) is 0 Å². The van der Waals surface area contributed by atoms with Crippen LogP contribution in [-0.4, -0.2) is 32.7 Å². The van der Waals surface area contributed by atoms with E-state index in [1.807, 2.05) is 4.72 Å². The maximum absolute atomic E-state index is 13.3. The standard InChI is InChI=1S/C9H9FN2O6S/c1-18-9(15)12-19(16,17)11-5-2-3-6(8(13)14)7(10)4-5/h2-4,11H,1H3,(H,12,15)(H,13,14). The Kier molecular flexibility index (Phi) is 4.27. The highest BCUT2D eigenvalue weighted by atomic mass is 32.2. The summed E-state index contributed by atoms with van der Waals surface area (Å²) in [4.78, 5) is 21.3. The first-order valence-electron chi connectivity index (χ1n) is 4.66. The van der Waals surface area contributed by atoms with Crippen LogP contribution in [0.5, 0.6) is 0 Å². The summed E-state index contributed by atoms with van der Waals surface area (Å²) in [5.41, 5.74) is -0.859. The molecule has 0 unspecified atom stereocenters. The van der Waals surface area contributed by atoms with Gasteiger partial charge in [-0.2, -0.15) is 8.42 Å². The SMILES string of the molecule is COC(=O)NS(=O)(=O)Nc1ccc(C(=O)O)c(F)c1. The van der Waals surface area contributed by atoms with Gasteiger partial charge in [0.05, 0.1) is 18.4 Å². The maximum atomic E-state index is 13.3. The van der Waals surface area contributed by atoms with E-state index in [0.29, 0.717) is 6.07 Å². The number of hydrogen-bond acceptors (Lipinski definition) is 5. The largest absolute Gasteiger partial charge is 0.478 e. The van der Waals surface area contributed by atoms with Crippen LogP contribution in [0.15, 0.2) is 18.2 Å². The number of amides is 1. The molecule has 1 aromatic carbocycles. The van der Waals surface area contributed by atoms with Gasteiger partial charge >= 0.3 is 22.3 Å². The summed E-state index contributed by atoms with van der Waals surface area (Å²) in [7, 11) is -3.32. The number of carboxylic acids is 1. The second-order valence-corrected chi connectivity index (χ2v) is 4.61. The molecule has 1 aromatic rings. The van der Waals surface area contributed by atoms with Gasteiger partial charge in [0.15, 0.2) is 0 Å². The molecular formula is C9H9FN2O6S. The molecule has 0 heterocycles. The van der Waals surface area contributed by atoms with Crippen molar-refractivity contribution in [2.75, 3.05) is 11.8 Å². The fraction of sp³-hybridized carbons (Fsp3) is 0.111. The van der Waals surface area contributed by atoms with Crippen LogP contribution in [0.2, 0.25) is 0 Å². The number of carboxylic acid groups (broad SMARTS) is 1. The topological polar surface area (TPSA) is 122 Å². The average Bonchev–Trinajstić information content (AvgIpc) is 2.26. The third-order valence-corrected chi connectivity index (χ3v) is 2.79. The molecule has 0 atom stereocenters. The Hall–Kier alpha value is -2.36. The van der Waals surface area contributed by atoms with Crippen LogP contribution in [0.25, 0.3) is 0 Å². The van der Waals surface area contributed by atoms with Crippen molar-refractivity contribution in [1.29, 1.82) is 0 Å². The lowest BCUT2D eigenvalue weighted by Crippen LogP contribution is -2.35. The van der Waals surface area contributed by atoms with Crippen molar-refractivity contribution in [2.45, 2.75) is 0 Å². The van der Waals surface area contributed by atoms with E-state index in [1.165, 1.54) is 4.72 Å². The third-order valence-electron chi connectivity index (χ3n) is 1.85. The van der Waals surface area contributed by atoms with Gasteiger partial charge in [-0.3, -0.25) is 4.72 Å². The van der Waals surface area contributed by atoms with Crippen molar-refractivity contribution in [1.82, 2.24) is 4.72 Å². The molecule has 0 saturated carbocycles. The summed E-state index contributed by atoms with van der Waals surface area (Å²) >= 11 is 0. The summed E-state index contributed by atoms with van der Waals surface area (Å²) in [6.45, 7) is 0. The quantitative estimate of drug-likeness (QED) is 0.744. The molecule has 3 N–H and O–H groups in total. The van der Waals surface area contributed by atoms with Crippen molar-refractivity contribution in [2.24, 2.45) is 0 Å². The van der Waals surface area contributed by atoms with Gasteiger partial charge in [-0.05, 0) is 18.2 Å². The number of hydrogen-bond donors (Lipinski definition) is 3. The number of carbonyl (C=O) groups excluding carboxylic acids is 1. The minimum Gasteiger partial charge on any atom is -0.478 e. The van der Waals surface area contributed by atoms with E-state index in [1.54, 1.807) is 0 Å². The zero-order valence-corrected chi connectivity index (χ0v) is 10.3. The lowest BCUT2D eigenvalue weighted by atomic mass is 10.2. The van der Waals surface area contributed by atoms with E-state index in [-0.39, 0.29) is 5.69 Å². The molecule has 0 bridgehead atoms. The maximum Gasteiger partial charge on any atom is 0.422 e. The first-order chi connectivity index (χ1) is 8.75. The van der Waals surface area contributed by atoms with Crippen LogP contribution in [0.4, 0.5) is 14.9 Å². The number of halogens is 1. The van der Waals surface area contributed by atoms with E-state index in [9.17, 15) is 22.4 Å². The molecular weight excluding hydrogens is 283 g/mol. The second-order valence-electron chi connectivity index (χ2n) is 3.20. The lowest BCUT2D eigenvalue weighted by molar-refractivity contribution is 0.0692. The van der Waals surface area contributed by atoms with E-state index in [0.717, 1.165) is 19.2 Å². The molecule has 1 amide bonds. The van der Waals surface area contributed by atoms with Crippen molar-refractivity contribution in [3.63, 3.8) is 0 Å². The van der Waals surface area contributed by atoms with E-state index >= 15 is 0 Å². The highest BCUT2D eigenvalue weighted by Gasteiger charge is 2.16. The summed E-state index contributed by atoms with van der Waals surface area (Å²) in [6.07, 6.45) is -1.23. The van der Waals surface area contributed by atoms with Gasteiger partial charge in [-0.15, -0.1) is 0 Å². The number of carbonyl (C=O) groups is 2. The highest BCUT2D eigenvalue weighted by Crippen LogP contribution is 2.15. The van der Waals surface area contributed by atoms with E-state index < -0.39 is 33.7 Å². The van der Waals surface area contributed by atoms with E-state index in [2.05, 4.69) is 4.74 Å². The molecule has 0 radical (unpaired) electrons. The Morgan fingerprint density at radius 2 is 2.00 bits per heavy atom. The minimum atomic E-state index is -4.28. The first-order valence-corrected chi connectivity index (χ1v) is 6.15. The van der Waals surface area contributed by atoms with Gasteiger partial charge in [0, 0.05) is 0 Å². The summed E-state index contributed by atoms with van der Waals surface area (Å²) in [6, 6.07) is 2.58. The fourth-order valence-electron chi connectivity index (χ4n) is 1.08. The molecule has 1 rings (SSSR count). The van der Waals surface area contributed by atoms with Crippen LogP contribution < -0.4 is 9.44 Å². The summed E-state index contributed by atoms with van der Waals surface area (Å²) in [5.74, 6) is -2.61. The molecule has 10 heteroatoms. The second kappa shape index (κ2) is 5.52. The number of methoxy groups -OCH3 is 1. The third kappa shape index (κ3) is 4.10. The zero-order chi connectivity index (χ0) is 14.6. The molecule has 8 nitrogen and oxygen atoms in total. The average molecular weight is 292 g/mol. The minimum absolute atomic E-state index is 0.251. The van der Waals surface area contributed by atoms with Crippen LogP contribution >= 0.6 is 0 Å². The molecule has 0 fully saturated rings. The first kappa shape index (κ1) is 14.7. The number of benzene rings is 1. The van der Waals surface area contributed by atoms with Crippen LogP contribution in [0, 0.1) is 5.82 Å². The van der Waals surface area contributed by atoms with Crippen LogP contribution in [-0.2, 0) is 14.9 Å². The zero-order valence-electron chi connectivity index (χ0n) is 9.51. The van der Waals surface area contributed by atoms with E-state index in [4.69, 9.17) is 5.11 Å². The molecule has 0 saturated heterocycles. The smallest absolute Gasteiger partial charge is 0.422 e. The Bertz CT molecular complexity index is 615. The molecule has 0 aromatic heterocycles. The van der Waals surface area contributed by atoms with Crippen LogP contribution in [0.1, 0.15) is 10.4 Å². The molecule has 0 spiro atoms. The Morgan fingerprint density at radius 1 is 1.37 bits per heavy atom. The number of aromatic carboxylic acids is 1. The number of rotatable bonds is 4. The molecule has 0 aliphatic heterocycles. The highest BCUT2D eigenvalue weighted by molar-refractivity contribution is 7.91. The van der Waals surface area contributed by atoms with Gasteiger partial charge in [-0.25, -0.2) is 18.7 Å². The summed E-state index contributed by atoms with van der Waals surface area (Å²) in [5, 5.41) is 8.59. The van der Waals surface area contributed by atoms with Gasteiger partial charge in [0.2, 0.25) is 0 Å². The molecule has 0 aliphatic rings. The number of ether oxygens (including phenoxy) is 1. The molecule has 104 valence electrons. The van der Waals surface area contributed by atoms with Crippen molar-refractivity contribution >= 4 is 28.0 Å². The van der Waals surface area contributed by atoms with Crippen molar-refractivity contribution in [3.8, 4) is 0 Å². The van der Waals surface area contributed by atoms with Gasteiger partial charge in [-0.1, -0.05) is 0 Å². The Balaban J connectivity index is 2.92. The predicted octanol–water partition coefficient (Wildman–Crippen LogP) is 0.537. The number of anilines is 1. The molecule has 0 aliphatic carbocycles. The van der Waals surface area contributed by atoms with Gasteiger partial charge in [0.1, 0.15) is 5.82 Å². The van der Waals surface area contributed by atoms with Gasteiger partial charge < -0.3 is 9.84 Å². The Morgan fingerprint density at radius 3 is 2.47 bits per heavy atom. The van der Waals surface area contributed by atoms with Gasteiger partial charge in [0.25, 0.3) is 0 Å².